The zero-order valence-corrected chi connectivity index (χ0v) is 10.9. The summed E-state index contributed by atoms with van der Waals surface area (Å²) in [5.41, 5.74) is 7.69. The number of rotatable bonds is 4. The van der Waals surface area contributed by atoms with Crippen LogP contribution in [0.15, 0.2) is 18.2 Å². The molecule has 17 heavy (non-hydrogen) atoms. The fourth-order valence-corrected chi connectivity index (χ4v) is 2.24. The summed E-state index contributed by atoms with van der Waals surface area (Å²) in [7, 11) is 0. The summed E-state index contributed by atoms with van der Waals surface area (Å²) < 4.78 is 5.67. The smallest absolute Gasteiger partial charge is 0.144 e. The van der Waals surface area contributed by atoms with E-state index in [2.05, 4.69) is 12.2 Å². The molecule has 3 N–H and O–H groups in total. The maximum Gasteiger partial charge on any atom is 0.144 e. The Morgan fingerprint density at radius 3 is 2.65 bits per heavy atom. The highest BCUT2D eigenvalue weighted by Crippen LogP contribution is 2.32. The van der Waals surface area contributed by atoms with Gasteiger partial charge in [-0.15, -0.1) is 0 Å². The van der Waals surface area contributed by atoms with Crippen LogP contribution in [0.3, 0.4) is 0 Å². The topological polar surface area (TPSA) is 47.3 Å². The standard InChI is InChI=1S/C14H22N2O/c1-9(2)17-14-8-11(4-5-13(14)15)16-12-6-10(3)7-12/h4-5,8-10,12,16H,6-7,15H2,1-3H3. The van der Waals surface area contributed by atoms with E-state index in [1.54, 1.807) is 0 Å². The predicted molar refractivity (Wildman–Crippen MR) is 72.4 cm³/mol. The number of hydrogen-bond acceptors (Lipinski definition) is 3. The van der Waals surface area contributed by atoms with E-state index in [4.69, 9.17) is 10.5 Å². The first-order valence-corrected chi connectivity index (χ1v) is 6.37. The molecule has 0 unspecified atom stereocenters. The van der Waals surface area contributed by atoms with Gasteiger partial charge in [0.1, 0.15) is 5.75 Å². The summed E-state index contributed by atoms with van der Waals surface area (Å²) >= 11 is 0. The van der Waals surface area contributed by atoms with Gasteiger partial charge in [-0.2, -0.15) is 0 Å². The lowest BCUT2D eigenvalue weighted by Crippen LogP contribution is -2.33. The molecule has 1 aromatic carbocycles. The van der Waals surface area contributed by atoms with Gasteiger partial charge in [-0.3, -0.25) is 0 Å². The van der Waals surface area contributed by atoms with Crippen molar-refractivity contribution in [1.82, 2.24) is 0 Å². The van der Waals surface area contributed by atoms with Crippen LogP contribution in [-0.4, -0.2) is 12.1 Å². The second kappa shape index (κ2) is 4.86. The second-order valence-electron chi connectivity index (χ2n) is 5.34. The van der Waals surface area contributed by atoms with Gasteiger partial charge in [0.25, 0.3) is 0 Å². The Bertz CT molecular complexity index is 384. The third kappa shape index (κ3) is 3.05. The molecule has 1 aliphatic carbocycles. The van der Waals surface area contributed by atoms with Crippen molar-refractivity contribution >= 4 is 11.4 Å². The van der Waals surface area contributed by atoms with Gasteiger partial charge in [-0.05, 0) is 44.7 Å². The van der Waals surface area contributed by atoms with Crippen LogP contribution in [-0.2, 0) is 0 Å². The second-order valence-corrected chi connectivity index (χ2v) is 5.34. The van der Waals surface area contributed by atoms with Crippen molar-refractivity contribution in [3.8, 4) is 5.75 Å². The minimum Gasteiger partial charge on any atom is -0.489 e. The third-order valence-corrected chi connectivity index (χ3v) is 3.12. The van der Waals surface area contributed by atoms with Crippen molar-refractivity contribution in [1.29, 1.82) is 0 Å². The van der Waals surface area contributed by atoms with Gasteiger partial charge in [0, 0.05) is 17.8 Å². The number of hydrogen-bond donors (Lipinski definition) is 2. The normalized spacial score (nSPS) is 23.3. The highest BCUT2D eigenvalue weighted by molar-refractivity contribution is 5.61. The fraction of sp³-hybridized carbons (Fsp3) is 0.571. The molecule has 0 aliphatic heterocycles. The first kappa shape index (κ1) is 12.1. The lowest BCUT2D eigenvalue weighted by Gasteiger charge is -2.34. The Labute approximate surface area is 103 Å². The van der Waals surface area contributed by atoms with Crippen LogP contribution in [0.2, 0.25) is 0 Å². The fourth-order valence-electron chi connectivity index (χ4n) is 2.24. The lowest BCUT2D eigenvalue weighted by molar-refractivity contribution is 0.244. The number of nitrogens with two attached hydrogens (primary N) is 1. The molecule has 0 bridgehead atoms. The highest BCUT2D eigenvalue weighted by Gasteiger charge is 2.25. The van der Waals surface area contributed by atoms with Crippen molar-refractivity contribution in [3.05, 3.63) is 18.2 Å². The van der Waals surface area contributed by atoms with Crippen LogP contribution >= 0.6 is 0 Å². The van der Waals surface area contributed by atoms with Gasteiger partial charge in [0.15, 0.2) is 0 Å². The zero-order valence-electron chi connectivity index (χ0n) is 10.9. The molecule has 94 valence electrons. The maximum absolute atomic E-state index is 5.88. The molecule has 1 saturated carbocycles. The van der Waals surface area contributed by atoms with Crippen molar-refractivity contribution in [2.45, 2.75) is 45.8 Å². The maximum atomic E-state index is 5.88. The molecule has 1 aromatic rings. The average Bonchev–Trinajstić information content (AvgIpc) is 2.20. The van der Waals surface area contributed by atoms with E-state index >= 15 is 0 Å². The van der Waals surface area contributed by atoms with Gasteiger partial charge in [0.2, 0.25) is 0 Å². The summed E-state index contributed by atoms with van der Waals surface area (Å²) in [5, 5.41) is 3.51. The van der Waals surface area contributed by atoms with Crippen LogP contribution in [0.25, 0.3) is 0 Å². The van der Waals surface area contributed by atoms with Crippen molar-refractivity contribution in [3.63, 3.8) is 0 Å². The van der Waals surface area contributed by atoms with Crippen LogP contribution in [0.5, 0.6) is 5.75 Å². The van der Waals surface area contributed by atoms with E-state index in [0.717, 1.165) is 17.4 Å². The SMILES string of the molecule is CC1CC(Nc2ccc(N)c(OC(C)C)c2)C1. The molecular weight excluding hydrogens is 212 g/mol. The van der Waals surface area contributed by atoms with E-state index in [-0.39, 0.29) is 6.10 Å². The molecule has 1 fully saturated rings. The van der Waals surface area contributed by atoms with E-state index in [1.807, 2.05) is 32.0 Å². The molecule has 0 amide bonds. The largest absolute Gasteiger partial charge is 0.489 e. The van der Waals surface area contributed by atoms with Gasteiger partial charge < -0.3 is 15.8 Å². The first-order valence-electron chi connectivity index (χ1n) is 6.37. The van der Waals surface area contributed by atoms with Crippen molar-refractivity contribution < 1.29 is 4.74 Å². The Balaban J connectivity index is 2.02. The average molecular weight is 234 g/mol. The van der Waals surface area contributed by atoms with Crippen LogP contribution < -0.4 is 15.8 Å². The minimum absolute atomic E-state index is 0.149. The van der Waals surface area contributed by atoms with Crippen molar-refractivity contribution in [2.75, 3.05) is 11.1 Å². The Kier molecular flexibility index (Phi) is 3.46. The molecule has 3 heteroatoms. The predicted octanol–water partition coefficient (Wildman–Crippen LogP) is 3.27. The molecule has 0 radical (unpaired) electrons. The van der Waals surface area contributed by atoms with Gasteiger partial charge >= 0.3 is 0 Å². The summed E-state index contributed by atoms with van der Waals surface area (Å²) in [6, 6.07) is 6.53. The summed E-state index contributed by atoms with van der Waals surface area (Å²) in [6.07, 6.45) is 2.66. The monoisotopic (exact) mass is 234 g/mol. The Morgan fingerprint density at radius 2 is 2.06 bits per heavy atom. The van der Waals surface area contributed by atoms with E-state index in [9.17, 15) is 0 Å². The van der Waals surface area contributed by atoms with Gasteiger partial charge in [0.05, 0.1) is 11.8 Å². The number of ether oxygens (including phenoxy) is 1. The molecule has 2 rings (SSSR count). The zero-order chi connectivity index (χ0) is 12.4. The van der Waals surface area contributed by atoms with E-state index in [0.29, 0.717) is 11.7 Å². The highest BCUT2D eigenvalue weighted by atomic mass is 16.5. The Morgan fingerprint density at radius 1 is 1.35 bits per heavy atom. The molecule has 1 aliphatic rings. The van der Waals surface area contributed by atoms with Crippen LogP contribution in [0.4, 0.5) is 11.4 Å². The van der Waals surface area contributed by atoms with Gasteiger partial charge in [-0.25, -0.2) is 0 Å². The van der Waals surface area contributed by atoms with Crippen molar-refractivity contribution in [2.24, 2.45) is 5.92 Å². The minimum atomic E-state index is 0.149. The molecule has 0 aromatic heterocycles. The summed E-state index contributed by atoms with van der Waals surface area (Å²) in [4.78, 5) is 0. The Hall–Kier alpha value is -1.38. The van der Waals surface area contributed by atoms with Crippen LogP contribution in [0, 0.1) is 5.92 Å². The number of nitrogen functional groups attached to an aromatic ring is 1. The first-order chi connectivity index (χ1) is 8.04. The lowest BCUT2D eigenvalue weighted by atomic mass is 9.82. The molecule has 3 nitrogen and oxygen atoms in total. The van der Waals surface area contributed by atoms with Gasteiger partial charge in [-0.1, -0.05) is 6.92 Å². The number of anilines is 2. The number of benzene rings is 1. The van der Waals surface area contributed by atoms with E-state index < -0.39 is 0 Å². The van der Waals surface area contributed by atoms with Crippen LogP contribution in [0.1, 0.15) is 33.6 Å². The molecular formula is C14H22N2O. The third-order valence-electron chi connectivity index (χ3n) is 3.12. The number of nitrogens with one attached hydrogen (secondary N) is 1. The molecule has 0 heterocycles. The summed E-state index contributed by atoms with van der Waals surface area (Å²) in [5.74, 6) is 1.63. The quantitative estimate of drug-likeness (QED) is 0.786. The molecule has 0 spiro atoms. The molecule has 0 atom stereocenters. The molecule has 0 saturated heterocycles. The van der Waals surface area contributed by atoms with E-state index in [1.165, 1.54) is 12.8 Å². The summed E-state index contributed by atoms with van der Waals surface area (Å²) in [6.45, 7) is 6.30.